The molecule has 0 fully saturated rings. The SMILES string of the molecule is CN(C(=O)c1cccc(C#N)n1)c1cc(Br)cs1. The summed E-state index contributed by atoms with van der Waals surface area (Å²) in [5.41, 5.74) is 0.502. The molecule has 2 aromatic rings. The quantitative estimate of drug-likeness (QED) is 0.854. The molecule has 2 rings (SSSR count). The maximum atomic E-state index is 12.2. The molecule has 0 aromatic carbocycles. The average Bonchev–Trinajstić information content (AvgIpc) is 2.83. The fourth-order valence-electron chi connectivity index (χ4n) is 1.37. The maximum absolute atomic E-state index is 12.2. The van der Waals surface area contributed by atoms with Crippen molar-refractivity contribution in [2.24, 2.45) is 0 Å². The molecule has 0 saturated heterocycles. The number of rotatable bonds is 2. The van der Waals surface area contributed by atoms with Gasteiger partial charge in [-0.3, -0.25) is 4.79 Å². The lowest BCUT2D eigenvalue weighted by Gasteiger charge is -2.14. The molecule has 90 valence electrons. The van der Waals surface area contributed by atoms with Crippen molar-refractivity contribution in [1.29, 1.82) is 5.26 Å². The Morgan fingerprint density at radius 1 is 1.56 bits per heavy atom. The van der Waals surface area contributed by atoms with Gasteiger partial charge < -0.3 is 4.90 Å². The zero-order chi connectivity index (χ0) is 13.1. The molecule has 0 aliphatic heterocycles. The van der Waals surface area contributed by atoms with Gasteiger partial charge in [0.05, 0.1) is 5.00 Å². The molecule has 0 atom stereocenters. The number of amides is 1. The summed E-state index contributed by atoms with van der Waals surface area (Å²) in [7, 11) is 1.68. The third-order valence-corrected chi connectivity index (χ3v) is 4.04. The van der Waals surface area contributed by atoms with Gasteiger partial charge in [-0.2, -0.15) is 5.26 Å². The fourth-order valence-corrected chi connectivity index (χ4v) is 2.75. The first-order valence-electron chi connectivity index (χ1n) is 5.01. The molecule has 0 spiro atoms. The van der Waals surface area contributed by atoms with Crippen LogP contribution in [0.2, 0.25) is 0 Å². The first-order valence-corrected chi connectivity index (χ1v) is 6.68. The van der Waals surface area contributed by atoms with Crippen LogP contribution in [0, 0.1) is 11.3 Å². The molecule has 0 aliphatic rings. The first kappa shape index (κ1) is 12.7. The van der Waals surface area contributed by atoms with Crippen LogP contribution in [0.5, 0.6) is 0 Å². The summed E-state index contributed by atoms with van der Waals surface area (Å²) in [6.07, 6.45) is 0. The Morgan fingerprint density at radius 2 is 2.33 bits per heavy atom. The average molecular weight is 322 g/mol. The zero-order valence-electron chi connectivity index (χ0n) is 9.42. The van der Waals surface area contributed by atoms with E-state index in [2.05, 4.69) is 20.9 Å². The molecule has 0 unspecified atom stereocenters. The van der Waals surface area contributed by atoms with Crippen molar-refractivity contribution in [1.82, 2.24) is 4.98 Å². The van der Waals surface area contributed by atoms with Gasteiger partial charge in [-0.25, -0.2) is 4.98 Å². The third-order valence-electron chi connectivity index (χ3n) is 2.27. The maximum Gasteiger partial charge on any atom is 0.277 e. The van der Waals surface area contributed by atoms with Crippen LogP contribution in [0.25, 0.3) is 0 Å². The van der Waals surface area contributed by atoms with E-state index in [1.54, 1.807) is 25.2 Å². The van der Waals surface area contributed by atoms with Crippen LogP contribution in [0.4, 0.5) is 5.00 Å². The minimum atomic E-state index is -0.235. The summed E-state index contributed by atoms with van der Waals surface area (Å²) < 4.78 is 0.931. The summed E-state index contributed by atoms with van der Waals surface area (Å²) in [4.78, 5) is 17.7. The highest BCUT2D eigenvalue weighted by molar-refractivity contribution is 9.10. The van der Waals surface area contributed by atoms with E-state index in [1.807, 2.05) is 17.5 Å². The molecule has 1 amide bonds. The molecule has 0 saturated carbocycles. The van der Waals surface area contributed by atoms with Gasteiger partial charge in [0.25, 0.3) is 5.91 Å². The number of aromatic nitrogens is 1. The summed E-state index contributed by atoms with van der Waals surface area (Å²) >= 11 is 4.80. The van der Waals surface area contributed by atoms with Gasteiger partial charge in [0, 0.05) is 16.9 Å². The number of anilines is 1. The Hall–Kier alpha value is -1.71. The van der Waals surface area contributed by atoms with Crippen molar-refractivity contribution in [3.8, 4) is 6.07 Å². The lowest BCUT2D eigenvalue weighted by Crippen LogP contribution is -2.26. The molecule has 0 radical (unpaired) electrons. The van der Waals surface area contributed by atoms with Crippen molar-refractivity contribution in [2.75, 3.05) is 11.9 Å². The van der Waals surface area contributed by atoms with Crippen LogP contribution in [-0.4, -0.2) is 17.9 Å². The highest BCUT2D eigenvalue weighted by Gasteiger charge is 2.16. The van der Waals surface area contributed by atoms with E-state index in [4.69, 9.17) is 5.26 Å². The molecule has 6 heteroatoms. The molecular formula is C12H8BrN3OS. The molecule has 0 aliphatic carbocycles. The molecule has 0 bridgehead atoms. The van der Waals surface area contributed by atoms with Crippen LogP contribution >= 0.6 is 27.3 Å². The van der Waals surface area contributed by atoms with Crippen LogP contribution in [0.3, 0.4) is 0 Å². The Labute approximate surface area is 117 Å². The monoisotopic (exact) mass is 321 g/mol. The minimum Gasteiger partial charge on any atom is -0.301 e. The van der Waals surface area contributed by atoms with Crippen molar-refractivity contribution in [3.05, 3.63) is 45.5 Å². The second-order valence-electron chi connectivity index (χ2n) is 3.49. The number of nitrogens with zero attached hydrogens (tertiary/aromatic N) is 3. The van der Waals surface area contributed by atoms with E-state index in [-0.39, 0.29) is 17.3 Å². The molecule has 18 heavy (non-hydrogen) atoms. The number of carbonyl (C=O) groups excluding carboxylic acids is 1. The van der Waals surface area contributed by atoms with Gasteiger partial charge in [0.1, 0.15) is 17.5 Å². The predicted octanol–water partition coefficient (Wildman–Crippen LogP) is 3.05. The molecule has 0 N–H and O–H groups in total. The summed E-state index contributed by atoms with van der Waals surface area (Å²) in [6.45, 7) is 0. The molecule has 2 aromatic heterocycles. The van der Waals surface area contributed by atoms with E-state index < -0.39 is 0 Å². The van der Waals surface area contributed by atoms with Gasteiger partial charge >= 0.3 is 0 Å². The largest absolute Gasteiger partial charge is 0.301 e. The lowest BCUT2D eigenvalue weighted by molar-refractivity contribution is 0.0989. The Morgan fingerprint density at radius 3 is 2.94 bits per heavy atom. The number of thiophene rings is 1. The van der Waals surface area contributed by atoms with Gasteiger partial charge in [-0.05, 0) is 34.1 Å². The summed E-state index contributed by atoms with van der Waals surface area (Å²) in [5.74, 6) is -0.235. The van der Waals surface area contributed by atoms with Crippen LogP contribution in [0.15, 0.2) is 34.1 Å². The number of nitriles is 1. The standard InChI is InChI=1S/C12H8BrN3OS/c1-16(11-5-8(13)7-18-11)12(17)10-4-2-3-9(6-14)15-10/h2-5,7H,1H3. The number of hydrogen-bond acceptors (Lipinski definition) is 4. The van der Waals surface area contributed by atoms with E-state index in [0.29, 0.717) is 0 Å². The van der Waals surface area contributed by atoms with Crippen molar-refractivity contribution in [2.45, 2.75) is 0 Å². The minimum absolute atomic E-state index is 0.235. The summed E-state index contributed by atoms with van der Waals surface area (Å²) in [6, 6.07) is 8.59. The van der Waals surface area contributed by atoms with E-state index >= 15 is 0 Å². The predicted molar refractivity (Wildman–Crippen MR) is 73.7 cm³/mol. The van der Waals surface area contributed by atoms with E-state index in [9.17, 15) is 4.79 Å². The summed E-state index contributed by atoms with van der Waals surface area (Å²) in [5, 5.41) is 11.5. The Bertz CT molecular complexity index is 632. The zero-order valence-corrected chi connectivity index (χ0v) is 11.8. The van der Waals surface area contributed by atoms with Crippen LogP contribution in [-0.2, 0) is 0 Å². The molecular weight excluding hydrogens is 314 g/mol. The molecule has 4 nitrogen and oxygen atoms in total. The van der Waals surface area contributed by atoms with Gasteiger partial charge in [0.2, 0.25) is 0 Å². The number of hydrogen-bond donors (Lipinski definition) is 0. The Kier molecular flexibility index (Phi) is 3.75. The third kappa shape index (κ3) is 2.58. The first-order chi connectivity index (χ1) is 8.61. The molecule has 2 heterocycles. The fraction of sp³-hybridized carbons (Fsp3) is 0.0833. The highest BCUT2D eigenvalue weighted by Crippen LogP contribution is 2.28. The lowest BCUT2D eigenvalue weighted by atomic mass is 10.3. The smallest absolute Gasteiger partial charge is 0.277 e. The van der Waals surface area contributed by atoms with E-state index in [0.717, 1.165) is 9.47 Å². The van der Waals surface area contributed by atoms with Crippen LogP contribution < -0.4 is 4.90 Å². The second-order valence-corrected chi connectivity index (χ2v) is 5.29. The van der Waals surface area contributed by atoms with Gasteiger partial charge in [0.15, 0.2) is 0 Å². The van der Waals surface area contributed by atoms with Crippen LogP contribution in [0.1, 0.15) is 16.2 Å². The number of pyridine rings is 1. The van der Waals surface area contributed by atoms with E-state index in [1.165, 1.54) is 16.2 Å². The Balaban J connectivity index is 2.28. The second kappa shape index (κ2) is 5.29. The van der Waals surface area contributed by atoms with Gasteiger partial charge in [-0.1, -0.05) is 6.07 Å². The van der Waals surface area contributed by atoms with Gasteiger partial charge in [-0.15, -0.1) is 11.3 Å². The highest BCUT2D eigenvalue weighted by atomic mass is 79.9. The topological polar surface area (TPSA) is 57.0 Å². The number of carbonyl (C=O) groups is 1. The van der Waals surface area contributed by atoms with Crippen molar-refractivity contribution in [3.63, 3.8) is 0 Å². The number of halogens is 1. The normalized spacial score (nSPS) is 9.83. The van der Waals surface area contributed by atoms with Crippen molar-refractivity contribution >= 4 is 38.2 Å². The van der Waals surface area contributed by atoms with Crippen molar-refractivity contribution < 1.29 is 4.79 Å².